The maximum Gasteiger partial charge on any atom is 0.258 e. The number of carbonyl (C=O) groups excluding carboxylic acids is 1. The molecule has 0 saturated carbocycles. The summed E-state index contributed by atoms with van der Waals surface area (Å²) in [7, 11) is 0. The molecule has 0 radical (unpaired) electrons. The number of nitrogens with one attached hydrogen (secondary N) is 1. The van der Waals surface area contributed by atoms with Crippen LogP contribution in [0.25, 0.3) is 0 Å². The number of ether oxygens (including phenoxy) is 2. The third-order valence-corrected chi connectivity index (χ3v) is 3.80. The molecule has 0 bridgehead atoms. The summed E-state index contributed by atoms with van der Waals surface area (Å²) in [4.78, 5) is 11.7. The molecule has 21 heavy (non-hydrogen) atoms. The molecular formula is C14H17ClFNO4. The monoisotopic (exact) mass is 317 g/mol. The standard InChI is InChI=1S/C14H17ClFNO4/c1-9-14(19,4-5-20-9)8-17-13(18)7-21-12-3-2-10(16)6-11(12)15/h2-3,6,9,19H,4-5,7-8H2,1H3,(H,17,18). The molecule has 1 aromatic rings. The van der Waals surface area contributed by atoms with E-state index in [0.717, 1.165) is 6.07 Å². The van der Waals surface area contributed by atoms with Crippen molar-refractivity contribution in [2.75, 3.05) is 19.8 Å². The van der Waals surface area contributed by atoms with Gasteiger partial charge in [-0.1, -0.05) is 11.6 Å². The number of hydrogen-bond donors (Lipinski definition) is 2. The van der Waals surface area contributed by atoms with Gasteiger partial charge in [-0.25, -0.2) is 4.39 Å². The SMILES string of the molecule is CC1OCCC1(O)CNC(=O)COc1ccc(F)cc1Cl. The molecule has 1 saturated heterocycles. The van der Waals surface area contributed by atoms with Gasteiger partial charge in [-0.2, -0.15) is 0 Å². The highest BCUT2D eigenvalue weighted by Crippen LogP contribution is 2.25. The highest BCUT2D eigenvalue weighted by molar-refractivity contribution is 6.32. The molecule has 1 aromatic carbocycles. The van der Waals surface area contributed by atoms with Gasteiger partial charge in [0.05, 0.1) is 11.1 Å². The summed E-state index contributed by atoms with van der Waals surface area (Å²) in [5.74, 6) is -0.651. The normalized spacial score (nSPS) is 24.9. The minimum Gasteiger partial charge on any atom is -0.482 e. The van der Waals surface area contributed by atoms with Crippen LogP contribution < -0.4 is 10.1 Å². The number of halogens is 2. The molecule has 2 rings (SSSR count). The third-order valence-electron chi connectivity index (χ3n) is 3.50. The average Bonchev–Trinajstić information content (AvgIpc) is 2.76. The van der Waals surface area contributed by atoms with E-state index >= 15 is 0 Å². The number of aliphatic hydroxyl groups is 1. The predicted molar refractivity (Wildman–Crippen MR) is 74.9 cm³/mol. The van der Waals surface area contributed by atoms with Crippen molar-refractivity contribution in [3.63, 3.8) is 0 Å². The van der Waals surface area contributed by atoms with Crippen LogP contribution in [0.4, 0.5) is 4.39 Å². The molecule has 1 amide bonds. The van der Waals surface area contributed by atoms with E-state index in [2.05, 4.69) is 5.32 Å². The van der Waals surface area contributed by atoms with E-state index in [9.17, 15) is 14.3 Å². The molecule has 2 N–H and O–H groups in total. The number of benzene rings is 1. The molecule has 1 aliphatic rings. The molecular weight excluding hydrogens is 301 g/mol. The number of carbonyl (C=O) groups is 1. The Balaban J connectivity index is 1.80. The van der Waals surface area contributed by atoms with Crippen LogP contribution in [-0.4, -0.2) is 42.5 Å². The minimum atomic E-state index is -1.05. The van der Waals surface area contributed by atoms with Crippen LogP contribution in [0.15, 0.2) is 18.2 Å². The van der Waals surface area contributed by atoms with Crippen molar-refractivity contribution in [3.8, 4) is 5.75 Å². The second-order valence-electron chi connectivity index (χ2n) is 5.01. The summed E-state index contributed by atoms with van der Waals surface area (Å²) in [6, 6.07) is 3.65. The summed E-state index contributed by atoms with van der Waals surface area (Å²) < 4.78 is 23.3. The van der Waals surface area contributed by atoms with Crippen molar-refractivity contribution in [1.82, 2.24) is 5.32 Å². The first-order valence-corrected chi connectivity index (χ1v) is 6.97. The first-order valence-electron chi connectivity index (χ1n) is 6.59. The van der Waals surface area contributed by atoms with Gasteiger partial charge in [0.15, 0.2) is 6.61 Å². The number of amides is 1. The van der Waals surface area contributed by atoms with E-state index in [0.29, 0.717) is 13.0 Å². The Hall–Kier alpha value is -1.37. The van der Waals surface area contributed by atoms with Gasteiger partial charge in [-0.3, -0.25) is 4.79 Å². The minimum absolute atomic E-state index is 0.0908. The topological polar surface area (TPSA) is 67.8 Å². The van der Waals surface area contributed by atoms with Crippen molar-refractivity contribution in [2.24, 2.45) is 0 Å². The largest absolute Gasteiger partial charge is 0.482 e. The van der Waals surface area contributed by atoms with Crippen molar-refractivity contribution >= 4 is 17.5 Å². The molecule has 1 aliphatic heterocycles. The zero-order valence-electron chi connectivity index (χ0n) is 11.6. The summed E-state index contributed by atoms with van der Waals surface area (Å²) in [5.41, 5.74) is -1.05. The molecule has 2 atom stereocenters. The Bertz CT molecular complexity index is 528. The predicted octanol–water partition coefficient (Wildman–Crippen LogP) is 1.51. The van der Waals surface area contributed by atoms with Gasteiger partial charge in [0.1, 0.15) is 17.2 Å². The molecule has 2 unspecified atom stereocenters. The smallest absolute Gasteiger partial charge is 0.258 e. The van der Waals surface area contributed by atoms with Crippen molar-refractivity contribution in [1.29, 1.82) is 0 Å². The fraction of sp³-hybridized carbons (Fsp3) is 0.500. The fourth-order valence-electron chi connectivity index (χ4n) is 2.04. The zero-order chi connectivity index (χ0) is 15.5. The Kier molecular flexibility index (Phi) is 5.03. The van der Waals surface area contributed by atoms with E-state index in [1.165, 1.54) is 12.1 Å². The molecule has 7 heteroatoms. The second kappa shape index (κ2) is 6.60. The lowest BCUT2D eigenvalue weighted by Gasteiger charge is -2.26. The van der Waals surface area contributed by atoms with Crippen LogP contribution in [0, 0.1) is 5.82 Å². The first kappa shape index (κ1) is 16.0. The number of hydrogen-bond acceptors (Lipinski definition) is 4. The van der Waals surface area contributed by atoms with Crippen LogP contribution in [-0.2, 0) is 9.53 Å². The van der Waals surface area contributed by atoms with E-state index in [-0.39, 0.29) is 30.0 Å². The van der Waals surface area contributed by atoms with Gasteiger partial charge in [-0.05, 0) is 25.1 Å². The summed E-state index contributed by atoms with van der Waals surface area (Å²) >= 11 is 5.78. The molecule has 116 valence electrons. The molecule has 5 nitrogen and oxygen atoms in total. The quantitative estimate of drug-likeness (QED) is 0.864. The average molecular weight is 318 g/mol. The fourth-order valence-corrected chi connectivity index (χ4v) is 2.26. The van der Waals surface area contributed by atoms with Gasteiger partial charge in [-0.15, -0.1) is 0 Å². The summed E-state index contributed by atoms with van der Waals surface area (Å²) in [5, 5.41) is 12.9. The van der Waals surface area contributed by atoms with Crippen LogP contribution in [0.1, 0.15) is 13.3 Å². The summed E-state index contributed by atoms with van der Waals surface area (Å²) in [6.45, 7) is 2.05. The maximum atomic E-state index is 12.9. The van der Waals surface area contributed by atoms with Crippen molar-refractivity contribution in [2.45, 2.75) is 25.0 Å². The second-order valence-corrected chi connectivity index (χ2v) is 5.41. The van der Waals surface area contributed by atoms with Crippen LogP contribution in [0.2, 0.25) is 5.02 Å². The van der Waals surface area contributed by atoms with E-state index in [1.807, 2.05) is 0 Å². The van der Waals surface area contributed by atoms with Gasteiger partial charge < -0.3 is 19.9 Å². The highest BCUT2D eigenvalue weighted by Gasteiger charge is 2.39. The Morgan fingerprint density at radius 3 is 3.05 bits per heavy atom. The van der Waals surface area contributed by atoms with Crippen LogP contribution >= 0.6 is 11.6 Å². The first-order chi connectivity index (χ1) is 9.90. The maximum absolute atomic E-state index is 12.9. The van der Waals surface area contributed by atoms with Gasteiger partial charge in [0, 0.05) is 19.6 Å². The third kappa shape index (κ3) is 4.06. The van der Waals surface area contributed by atoms with Gasteiger partial charge >= 0.3 is 0 Å². The number of rotatable bonds is 5. The van der Waals surface area contributed by atoms with Gasteiger partial charge in [0.2, 0.25) is 0 Å². The Morgan fingerprint density at radius 2 is 2.43 bits per heavy atom. The van der Waals surface area contributed by atoms with E-state index in [1.54, 1.807) is 6.92 Å². The zero-order valence-corrected chi connectivity index (χ0v) is 12.3. The summed E-state index contributed by atoms with van der Waals surface area (Å²) in [6.07, 6.45) is 0.143. The van der Waals surface area contributed by atoms with Crippen molar-refractivity contribution < 1.29 is 23.8 Å². The van der Waals surface area contributed by atoms with E-state index in [4.69, 9.17) is 21.1 Å². The van der Waals surface area contributed by atoms with E-state index < -0.39 is 17.3 Å². The lowest BCUT2D eigenvalue weighted by atomic mass is 9.97. The molecule has 1 heterocycles. The molecule has 0 aliphatic carbocycles. The lowest BCUT2D eigenvalue weighted by Crippen LogP contribution is -2.48. The van der Waals surface area contributed by atoms with Crippen molar-refractivity contribution in [3.05, 3.63) is 29.0 Å². The van der Waals surface area contributed by atoms with Crippen LogP contribution in [0.5, 0.6) is 5.75 Å². The Morgan fingerprint density at radius 1 is 1.67 bits per heavy atom. The molecule has 0 spiro atoms. The molecule has 0 aromatic heterocycles. The lowest BCUT2D eigenvalue weighted by molar-refractivity contribution is -0.124. The van der Waals surface area contributed by atoms with Gasteiger partial charge in [0.25, 0.3) is 5.91 Å². The Labute approximate surface area is 127 Å². The van der Waals surface area contributed by atoms with Crippen LogP contribution in [0.3, 0.4) is 0 Å². The molecule has 1 fully saturated rings. The highest BCUT2D eigenvalue weighted by atomic mass is 35.5.